The Hall–Kier alpha value is -1.59. The summed E-state index contributed by atoms with van der Waals surface area (Å²) in [5.74, 6) is 1.57. The lowest BCUT2D eigenvalue weighted by molar-refractivity contribution is -0.134. The van der Waals surface area contributed by atoms with Gasteiger partial charge in [0.2, 0.25) is 5.91 Å². The van der Waals surface area contributed by atoms with Crippen LogP contribution in [0.25, 0.3) is 0 Å². The number of ether oxygens (including phenoxy) is 2. The average molecular weight is 344 g/mol. The van der Waals surface area contributed by atoms with Gasteiger partial charge in [-0.2, -0.15) is 0 Å². The van der Waals surface area contributed by atoms with Gasteiger partial charge >= 0.3 is 0 Å². The number of hydrogen-bond acceptors (Lipinski definition) is 4. The second-order valence-electron chi connectivity index (χ2n) is 7.63. The van der Waals surface area contributed by atoms with Crippen LogP contribution in [0, 0.1) is 5.92 Å². The lowest BCUT2D eigenvalue weighted by atomic mass is 9.90. The number of para-hydroxylation sites is 1. The van der Waals surface area contributed by atoms with Crippen molar-refractivity contribution in [3.63, 3.8) is 0 Å². The first-order valence-corrected chi connectivity index (χ1v) is 9.53. The molecule has 3 atom stereocenters. The van der Waals surface area contributed by atoms with Crippen LogP contribution < -0.4 is 10.1 Å². The number of likely N-dealkylation sites (tertiary alicyclic amines) is 1. The molecule has 3 aliphatic rings. The minimum atomic E-state index is -0.248. The molecule has 2 heterocycles. The van der Waals surface area contributed by atoms with Gasteiger partial charge in [-0.1, -0.05) is 18.2 Å². The molecular weight excluding hydrogens is 316 g/mol. The molecule has 136 valence electrons. The third-order valence-corrected chi connectivity index (χ3v) is 5.97. The SMILES string of the molecule is COc1ccccc1CN1CC[C@@H]2C[C@@H](C(=O)NC3CCC3)O[C@H]2C1. The Labute approximate surface area is 149 Å². The maximum Gasteiger partial charge on any atom is 0.249 e. The predicted molar refractivity (Wildman–Crippen MR) is 95.4 cm³/mol. The highest BCUT2D eigenvalue weighted by atomic mass is 16.5. The van der Waals surface area contributed by atoms with Gasteiger partial charge in [0.05, 0.1) is 13.2 Å². The summed E-state index contributed by atoms with van der Waals surface area (Å²) >= 11 is 0. The Morgan fingerprint density at radius 3 is 2.92 bits per heavy atom. The number of methoxy groups -OCH3 is 1. The van der Waals surface area contributed by atoms with Crippen LogP contribution >= 0.6 is 0 Å². The number of nitrogens with zero attached hydrogens (tertiary/aromatic N) is 1. The summed E-state index contributed by atoms with van der Waals surface area (Å²) < 4.78 is 11.6. The van der Waals surface area contributed by atoms with Crippen molar-refractivity contribution in [2.75, 3.05) is 20.2 Å². The fraction of sp³-hybridized carbons (Fsp3) is 0.650. The number of carbonyl (C=O) groups excluding carboxylic acids is 1. The van der Waals surface area contributed by atoms with E-state index in [1.165, 1.54) is 12.0 Å². The largest absolute Gasteiger partial charge is 0.496 e. The van der Waals surface area contributed by atoms with Gasteiger partial charge < -0.3 is 14.8 Å². The molecule has 2 saturated heterocycles. The molecule has 0 radical (unpaired) electrons. The summed E-state index contributed by atoms with van der Waals surface area (Å²) in [5.41, 5.74) is 1.21. The lowest BCUT2D eigenvalue weighted by Gasteiger charge is -2.34. The van der Waals surface area contributed by atoms with Crippen LogP contribution in [0.15, 0.2) is 24.3 Å². The van der Waals surface area contributed by atoms with Crippen LogP contribution in [0.1, 0.15) is 37.7 Å². The van der Waals surface area contributed by atoms with Crippen LogP contribution in [0.5, 0.6) is 5.75 Å². The fourth-order valence-electron chi connectivity index (χ4n) is 4.23. The molecule has 5 heteroatoms. The van der Waals surface area contributed by atoms with E-state index in [1.807, 2.05) is 12.1 Å². The first kappa shape index (κ1) is 16.9. The lowest BCUT2D eigenvalue weighted by Crippen LogP contribution is -2.45. The van der Waals surface area contributed by atoms with Gasteiger partial charge in [0.15, 0.2) is 0 Å². The Bertz CT molecular complexity index is 617. The summed E-state index contributed by atoms with van der Waals surface area (Å²) in [6.07, 6.45) is 5.40. The van der Waals surface area contributed by atoms with Crippen molar-refractivity contribution in [3.8, 4) is 5.75 Å². The molecule has 5 nitrogen and oxygen atoms in total. The van der Waals surface area contributed by atoms with Gasteiger partial charge in [0.1, 0.15) is 11.9 Å². The van der Waals surface area contributed by atoms with Gasteiger partial charge in [0.25, 0.3) is 0 Å². The highest BCUT2D eigenvalue weighted by Gasteiger charge is 2.42. The second-order valence-corrected chi connectivity index (χ2v) is 7.63. The molecule has 4 rings (SSSR count). The highest BCUT2D eigenvalue weighted by Crippen LogP contribution is 2.34. The normalized spacial score (nSPS) is 29.7. The summed E-state index contributed by atoms with van der Waals surface area (Å²) in [6, 6.07) is 8.57. The zero-order chi connectivity index (χ0) is 17.2. The first-order valence-electron chi connectivity index (χ1n) is 9.53. The van der Waals surface area contributed by atoms with E-state index in [-0.39, 0.29) is 18.1 Å². The average Bonchev–Trinajstić information content (AvgIpc) is 3.02. The van der Waals surface area contributed by atoms with E-state index in [0.29, 0.717) is 12.0 Å². The molecule has 25 heavy (non-hydrogen) atoms. The molecule has 1 amide bonds. The maximum atomic E-state index is 12.4. The Balaban J connectivity index is 1.32. The van der Waals surface area contributed by atoms with E-state index >= 15 is 0 Å². The van der Waals surface area contributed by atoms with E-state index in [4.69, 9.17) is 9.47 Å². The number of hydrogen-bond donors (Lipinski definition) is 1. The minimum absolute atomic E-state index is 0.107. The quantitative estimate of drug-likeness (QED) is 0.891. The van der Waals surface area contributed by atoms with E-state index in [1.54, 1.807) is 7.11 Å². The van der Waals surface area contributed by atoms with Crippen molar-refractivity contribution in [3.05, 3.63) is 29.8 Å². The molecule has 0 bridgehead atoms. The number of nitrogens with one attached hydrogen (secondary N) is 1. The van der Waals surface area contributed by atoms with Crippen molar-refractivity contribution in [2.45, 2.75) is 56.9 Å². The zero-order valence-electron chi connectivity index (χ0n) is 14.9. The molecule has 1 aromatic rings. The van der Waals surface area contributed by atoms with Gasteiger partial charge in [-0.3, -0.25) is 9.69 Å². The zero-order valence-corrected chi connectivity index (χ0v) is 14.9. The minimum Gasteiger partial charge on any atom is -0.496 e. The molecule has 2 aliphatic heterocycles. The smallest absolute Gasteiger partial charge is 0.249 e. The van der Waals surface area contributed by atoms with Gasteiger partial charge in [-0.15, -0.1) is 0 Å². The van der Waals surface area contributed by atoms with E-state index in [9.17, 15) is 4.79 Å². The standard InChI is InChI=1S/C20H28N2O3/c1-24-17-8-3-2-5-15(17)12-22-10-9-14-11-18(25-19(14)13-22)20(23)21-16-6-4-7-16/h2-3,5,8,14,16,18-19H,4,6-7,9-13H2,1H3,(H,21,23)/t14-,18+,19+/m1/s1. The molecule has 0 unspecified atom stereocenters. The summed E-state index contributed by atoms with van der Waals surface area (Å²) in [4.78, 5) is 14.8. The van der Waals surface area contributed by atoms with E-state index < -0.39 is 0 Å². The van der Waals surface area contributed by atoms with Crippen LogP contribution in [-0.4, -0.2) is 49.3 Å². The fourth-order valence-corrected chi connectivity index (χ4v) is 4.23. The van der Waals surface area contributed by atoms with Gasteiger partial charge in [-0.25, -0.2) is 0 Å². The Morgan fingerprint density at radius 1 is 1.32 bits per heavy atom. The molecule has 1 aromatic carbocycles. The Morgan fingerprint density at radius 2 is 2.16 bits per heavy atom. The van der Waals surface area contributed by atoms with Crippen molar-refractivity contribution in [2.24, 2.45) is 5.92 Å². The molecule has 3 fully saturated rings. The summed E-state index contributed by atoms with van der Waals surface area (Å²) in [5, 5.41) is 3.14. The third-order valence-electron chi connectivity index (χ3n) is 5.97. The van der Waals surface area contributed by atoms with Crippen molar-refractivity contribution in [1.29, 1.82) is 0 Å². The van der Waals surface area contributed by atoms with Gasteiger partial charge in [0, 0.05) is 24.7 Å². The van der Waals surface area contributed by atoms with Crippen LogP contribution in [0.4, 0.5) is 0 Å². The number of carbonyl (C=O) groups is 1. The maximum absolute atomic E-state index is 12.4. The summed E-state index contributed by atoms with van der Waals surface area (Å²) in [6.45, 7) is 2.82. The predicted octanol–water partition coefficient (Wildman–Crippen LogP) is 2.34. The summed E-state index contributed by atoms with van der Waals surface area (Å²) in [7, 11) is 1.72. The van der Waals surface area contributed by atoms with Crippen molar-refractivity contribution in [1.82, 2.24) is 10.2 Å². The molecule has 0 aromatic heterocycles. The van der Waals surface area contributed by atoms with Crippen molar-refractivity contribution >= 4 is 5.91 Å². The molecular formula is C20H28N2O3. The third kappa shape index (κ3) is 3.67. The molecule has 1 aliphatic carbocycles. The number of amides is 1. The molecule has 0 spiro atoms. The Kier molecular flexibility index (Phi) is 4.95. The first-order chi connectivity index (χ1) is 12.2. The van der Waals surface area contributed by atoms with Gasteiger partial charge in [-0.05, 0) is 50.6 Å². The second kappa shape index (κ2) is 7.34. The number of fused-ring (bicyclic) bond motifs is 1. The van der Waals surface area contributed by atoms with E-state index in [0.717, 1.165) is 51.1 Å². The highest BCUT2D eigenvalue weighted by molar-refractivity contribution is 5.81. The number of piperidine rings is 1. The molecule has 1 N–H and O–H groups in total. The number of benzene rings is 1. The topological polar surface area (TPSA) is 50.8 Å². The van der Waals surface area contributed by atoms with Crippen molar-refractivity contribution < 1.29 is 14.3 Å². The molecule has 1 saturated carbocycles. The van der Waals surface area contributed by atoms with Crippen LogP contribution in [0.2, 0.25) is 0 Å². The van der Waals surface area contributed by atoms with E-state index in [2.05, 4.69) is 22.3 Å². The monoisotopic (exact) mass is 344 g/mol. The van der Waals surface area contributed by atoms with Crippen LogP contribution in [-0.2, 0) is 16.1 Å². The van der Waals surface area contributed by atoms with Crippen LogP contribution in [0.3, 0.4) is 0 Å². The number of rotatable bonds is 5.